The molecule has 5 heteroatoms. The number of hydrogen-bond acceptors (Lipinski definition) is 3. The normalized spacial score (nSPS) is 15.9. The van der Waals surface area contributed by atoms with Crippen LogP contribution in [0.4, 0.5) is 5.00 Å². The van der Waals surface area contributed by atoms with E-state index in [0.29, 0.717) is 11.5 Å². The molecule has 0 saturated heterocycles. The molecule has 1 atom stereocenters. The highest BCUT2D eigenvalue weighted by Crippen LogP contribution is 2.44. The smallest absolute Gasteiger partial charge is 0.257 e. The number of fused-ring (bicyclic) bond motifs is 1. The Morgan fingerprint density at radius 1 is 1.12 bits per heavy atom. The Kier molecular flexibility index (Phi) is 7.81. The summed E-state index contributed by atoms with van der Waals surface area (Å²) in [5, 5.41) is 3.85. The minimum Gasteiger partial charge on any atom is -0.339 e. The summed E-state index contributed by atoms with van der Waals surface area (Å²) in [7, 11) is 0. The Hall–Kier alpha value is -2.14. The van der Waals surface area contributed by atoms with Crippen molar-refractivity contribution in [2.75, 3.05) is 18.4 Å². The van der Waals surface area contributed by atoms with Crippen LogP contribution >= 0.6 is 11.3 Å². The van der Waals surface area contributed by atoms with E-state index in [4.69, 9.17) is 0 Å². The second-order valence-corrected chi connectivity index (χ2v) is 11.2. The van der Waals surface area contributed by atoms with Gasteiger partial charge in [0.05, 0.1) is 5.56 Å². The minimum absolute atomic E-state index is 0.0699. The number of aryl methyl sites for hydroxylation is 1. The molecule has 32 heavy (non-hydrogen) atoms. The molecule has 174 valence electrons. The van der Waals surface area contributed by atoms with E-state index in [1.807, 2.05) is 36.1 Å². The fourth-order valence-corrected chi connectivity index (χ4v) is 5.96. The van der Waals surface area contributed by atoms with Crippen LogP contribution in [0.5, 0.6) is 0 Å². The number of amides is 2. The van der Waals surface area contributed by atoms with Gasteiger partial charge in [-0.2, -0.15) is 0 Å². The van der Waals surface area contributed by atoms with Gasteiger partial charge in [-0.3, -0.25) is 9.59 Å². The van der Waals surface area contributed by atoms with Crippen LogP contribution < -0.4 is 5.32 Å². The van der Waals surface area contributed by atoms with Crippen molar-refractivity contribution in [1.82, 2.24) is 4.90 Å². The van der Waals surface area contributed by atoms with Crippen molar-refractivity contribution in [2.24, 2.45) is 11.3 Å². The zero-order valence-corrected chi connectivity index (χ0v) is 21.3. The molecule has 4 nitrogen and oxygen atoms in total. The molecule has 0 fully saturated rings. The van der Waals surface area contributed by atoms with E-state index in [9.17, 15) is 9.59 Å². The van der Waals surface area contributed by atoms with Crippen molar-refractivity contribution in [1.29, 1.82) is 0 Å². The Morgan fingerprint density at radius 2 is 1.78 bits per heavy atom. The van der Waals surface area contributed by atoms with Crippen LogP contribution in [0.15, 0.2) is 24.3 Å². The van der Waals surface area contributed by atoms with Crippen LogP contribution in [0.1, 0.15) is 90.6 Å². The van der Waals surface area contributed by atoms with Crippen molar-refractivity contribution in [3.8, 4) is 0 Å². The lowest BCUT2D eigenvalue weighted by atomic mass is 9.72. The predicted molar refractivity (Wildman–Crippen MR) is 135 cm³/mol. The number of benzene rings is 1. The van der Waals surface area contributed by atoms with Crippen LogP contribution in [-0.4, -0.2) is 29.8 Å². The molecule has 1 heterocycles. The van der Waals surface area contributed by atoms with Crippen molar-refractivity contribution >= 4 is 28.2 Å². The molecule has 0 radical (unpaired) electrons. The fraction of sp³-hybridized carbons (Fsp3) is 0.556. The number of hydrogen-bond donors (Lipinski definition) is 1. The van der Waals surface area contributed by atoms with Gasteiger partial charge >= 0.3 is 0 Å². The first-order valence-corrected chi connectivity index (χ1v) is 12.8. The number of nitrogens with one attached hydrogen (secondary N) is 1. The van der Waals surface area contributed by atoms with Crippen molar-refractivity contribution in [3.63, 3.8) is 0 Å². The monoisotopic (exact) mass is 454 g/mol. The standard InChI is InChI=1S/C27H38N2O2S/c1-7-15-29(16-8-2)26(31)23-21-14-13-19(27(4,5)6)17-22(21)32-25(23)28-24(30)20-12-10-9-11-18(20)3/h9-12,19H,7-8,13-17H2,1-6H3,(H,28,30). The van der Waals surface area contributed by atoms with Crippen LogP contribution in [0, 0.1) is 18.3 Å². The van der Waals surface area contributed by atoms with Gasteiger partial charge in [-0.05, 0) is 67.6 Å². The Balaban J connectivity index is 2.01. The van der Waals surface area contributed by atoms with Gasteiger partial charge < -0.3 is 10.2 Å². The molecule has 1 aliphatic carbocycles. The van der Waals surface area contributed by atoms with E-state index in [1.54, 1.807) is 11.3 Å². The van der Waals surface area contributed by atoms with Gasteiger partial charge in [0.25, 0.3) is 11.8 Å². The van der Waals surface area contributed by atoms with Crippen molar-refractivity contribution in [2.45, 2.75) is 73.6 Å². The summed E-state index contributed by atoms with van der Waals surface area (Å²) in [5.41, 5.74) is 3.72. The summed E-state index contributed by atoms with van der Waals surface area (Å²) < 4.78 is 0. The van der Waals surface area contributed by atoms with Gasteiger partial charge in [0.1, 0.15) is 5.00 Å². The second-order valence-electron chi connectivity index (χ2n) is 10.1. The highest BCUT2D eigenvalue weighted by molar-refractivity contribution is 7.17. The van der Waals surface area contributed by atoms with Gasteiger partial charge in [0, 0.05) is 23.5 Å². The first kappa shape index (κ1) is 24.5. The summed E-state index contributed by atoms with van der Waals surface area (Å²) in [5.74, 6) is 0.514. The van der Waals surface area contributed by atoms with Crippen LogP contribution in [0.2, 0.25) is 0 Å². The van der Waals surface area contributed by atoms with E-state index >= 15 is 0 Å². The third-order valence-corrected chi connectivity index (χ3v) is 7.76. The molecular formula is C27H38N2O2S. The molecular weight excluding hydrogens is 416 g/mol. The number of thiophene rings is 1. The zero-order chi connectivity index (χ0) is 23.5. The Labute approximate surface area is 197 Å². The largest absolute Gasteiger partial charge is 0.339 e. The van der Waals surface area contributed by atoms with E-state index in [0.717, 1.165) is 66.9 Å². The molecule has 0 spiro atoms. The highest BCUT2D eigenvalue weighted by atomic mass is 32.1. The SMILES string of the molecule is CCCN(CCC)C(=O)c1c(NC(=O)c2ccccc2C)sc2c1CCC(C(C)(C)C)C2. The lowest BCUT2D eigenvalue weighted by Crippen LogP contribution is -2.34. The summed E-state index contributed by atoms with van der Waals surface area (Å²) in [4.78, 5) is 30.1. The molecule has 1 unspecified atom stereocenters. The average molecular weight is 455 g/mol. The molecule has 2 amide bonds. The van der Waals surface area contributed by atoms with Crippen LogP contribution in [0.3, 0.4) is 0 Å². The average Bonchev–Trinajstić information content (AvgIpc) is 3.09. The lowest BCUT2D eigenvalue weighted by Gasteiger charge is -2.34. The second kappa shape index (κ2) is 10.2. The van der Waals surface area contributed by atoms with Gasteiger partial charge in [-0.1, -0.05) is 52.8 Å². The number of rotatable bonds is 7. The van der Waals surface area contributed by atoms with Gasteiger partial charge in [0.2, 0.25) is 0 Å². The number of anilines is 1. The molecule has 3 rings (SSSR count). The first-order valence-electron chi connectivity index (χ1n) is 12.0. The van der Waals surface area contributed by atoms with Crippen LogP contribution in [0.25, 0.3) is 0 Å². The number of carbonyl (C=O) groups excluding carboxylic acids is 2. The molecule has 2 aromatic rings. The zero-order valence-electron chi connectivity index (χ0n) is 20.5. The maximum Gasteiger partial charge on any atom is 0.257 e. The van der Waals surface area contributed by atoms with E-state index in [-0.39, 0.29) is 17.2 Å². The molecule has 1 N–H and O–H groups in total. The van der Waals surface area contributed by atoms with E-state index < -0.39 is 0 Å². The molecule has 0 bridgehead atoms. The topological polar surface area (TPSA) is 49.4 Å². The summed E-state index contributed by atoms with van der Waals surface area (Å²) >= 11 is 1.61. The van der Waals surface area contributed by atoms with Gasteiger partial charge in [0.15, 0.2) is 0 Å². The Bertz CT molecular complexity index is 965. The first-order chi connectivity index (χ1) is 15.2. The maximum absolute atomic E-state index is 13.7. The molecule has 0 saturated carbocycles. The summed E-state index contributed by atoms with van der Waals surface area (Å²) in [6.07, 6.45) is 4.82. The molecule has 1 aromatic carbocycles. The molecule has 1 aromatic heterocycles. The third kappa shape index (κ3) is 5.25. The number of nitrogens with zero attached hydrogens (tertiary/aromatic N) is 1. The minimum atomic E-state index is -0.138. The van der Waals surface area contributed by atoms with Gasteiger partial charge in [-0.15, -0.1) is 11.3 Å². The van der Waals surface area contributed by atoms with Crippen molar-refractivity contribution < 1.29 is 9.59 Å². The fourth-order valence-electron chi connectivity index (χ4n) is 4.65. The van der Waals surface area contributed by atoms with Crippen molar-refractivity contribution in [3.05, 3.63) is 51.4 Å². The lowest BCUT2D eigenvalue weighted by molar-refractivity contribution is 0.0755. The summed E-state index contributed by atoms with van der Waals surface area (Å²) in [6, 6.07) is 7.60. The quantitative estimate of drug-likeness (QED) is 0.505. The van der Waals surface area contributed by atoms with Crippen LogP contribution in [-0.2, 0) is 12.8 Å². The Morgan fingerprint density at radius 3 is 2.38 bits per heavy atom. The van der Waals surface area contributed by atoms with Gasteiger partial charge in [-0.25, -0.2) is 0 Å². The van der Waals surface area contributed by atoms with E-state index in [2.05, 4.69) is 39.9 Å². The van der Waals surface area contributed by atoms with E-state index in [1.165, 1.54) is 4.88 Å². The molecule has 0 aliphatic heterocycles. The third-order valence-electron chi connectivity index (χ3n) is 6.59. The summed E-state index contributed by atoms with van der Waals surface area (Å²) in [6.45, 7) is 14.5. The highest BCUT2D eigenvalue weighted by Gasteiger charge is 2.35. The molecule has 1 aliphatic rings. The predicted octanol–water partition coefficient (Wildman–Crippen LogP) is 6.72. The number of carbonyl (C=O) groups is 2. The maximum atomic E-state index is 13.7.